The van der Waals surface area contributed by atoms with Gasteiger partial charge in [-0.15, -0.1) is 0 Å². The van der Waals surface area contributed by atoms with E-state index in [9.17, 15) is 4.79 Å². The monoisotopic (exact) mass is 228 g/mol. The van der Waals surface area contributed by atoms with Gasteiger partial charge in [-0.3, -0.25) is 4.79 Å². The number of halogens is 1. The fraction of sp³-hybridized carbons (Fsp3) is 0.300. The van der Waals surface area contributed by atoms with E-state index in [4.69, 9.17) is 22.1 Å². The zero-order valence-corrected chi connectivity index (χ0v) is 9.17. The molecule has 0 unspecified atom stereocenters. The number of anilines is 1. The Balaban J connectivity index is 2.54. The molecule has 1 aromatic carbocycles. The molecule has 0 bridgehead atoms. The molecular weight excluding hydrogens is 216 g/mol. The van der Waals surface area contributed by atoms with Crippen LogP contribution in [0.25, 0.3) is 0 Å². The number of nitrogens with one attached hydrogen (secondary N) is 1. The highest BCUT2D eigenvalue weighted by Gasteiger charge is 2.06. The van der Waals surface area contributed by atoms with Crippen molar-refractivity contribution in [1.82, 2.24) is 5.32 Å². The van der Waals surface area contributed by atoms with E-state index in [0.717, 1.165) is 0 Å². The predicted octanol–water partition coefficient (Wildman–Crippen LogP) is 1.44. The van der Waals surface area contributed by atoms with Crippen molar-refractivity contribution >= 4 is 23.2 Å². The molecule has 4 nitrogen and oxygen atoms in total. The van der Waals surface area contributed by atoms with Crippen LogP contribution in [0.1, 0.15) is 6.42 Å². The lowest BCUT2D eigenvalue weighted by atomic mass is 10.3. The minimum Gasteiger partial charge on any atom is -0.489 e. The summed E-state index contributed by atoms with van der Waals surface area (Å²) in [7, 11) is 1.58. The van der Waals surface area contributed by atoms with Crippen molar-refractivity contribution in [2.24, 2.45) is 0 Å². The van der Waals surface area contributed by atoms with Gasteiger partial charge in [0.15, 0.2) is 5.75 Å². The minimum atomic E-state index is -0.0828. The van der Waals surface area contributed by atoms with E-state index < -0.39 is 0 Å². The van der Waals surface area contributed by atoms with Crippen molar-refractivity contribution < 1.29 is 9.53 Å². The summed E-state index contributed by atoms with van der Waals surface area (Å²) >= 11 is 5.87. The maximum absolute atomic E-state index is 10.9. The van der Waals surface area contributed by atoms with Crippen LogP contribution >= 0.6 is 11.6 Å². The van der Waals surface area contributed by atoms with Crippen LogP contribution in [-0.2, 0) is 4.79 Å². The van der Waals surface area contributed by atoms with Crippen LogP contribution in [0.4, 0.5) is 5.69 Å². The van der Waals surface area contributed by atoms with Crippen molar-refractivity contribution in [3.63, 3.8) is 0 Å². The van der Waals surface area contributed by atoms with Gasteiger partial charge in [0.1, 0.15) is 0 Å². The first kappa shape index (κ1) is 11.7. The molecule has 82 valence electrons. The zero-order valence-electron chi connectivity index (χ0n) is 8.42. The molecule has 0 aromatic heterocycles. The highest BCUT2D eigenvalue weighted by molar-refractivity contribution is 6.32. The average molecular weight is 229 g/mol. The number of hydrogen-bond acceptors (Lipinski definition) is 3. The zero-order chi connectivity index (χ0) is 11.3. The molecule has 15 heavy (non-hydrogen) atoms. The van der Waals surface area contributed by atoms with E-state index in [1.807, 2.05) is 0 Å². The molecule has 0 aliphatic heterocycles. The Hall–Kier alpha value is -1.42. The van der Waals surface area contributed by atoms with Crippen LogP contribution in [0.15, 0.2) is 18.2 Å². The smallest absolute Gasteiger partial charge is 0.223 e. The third-order valence-electron chi connectivity index (χ3n) is 1.85. The number of nitrogens with two attached hydrogens (primary N) is 1. The van der Waals surface area contributed by atoms with Crippen molar-refractivity contribution in [3.05, 3.63) is 23.2 Å². The Morgan fingerprint density at radius 3 is 2.93 bits per heavy atom. The first-order chi connectivity index (χ1) is 7.15. The molecule has 0 saturated carbocycles. The topological polar surface area (TPSA) is 64.3 Å². The van der Waals surface area contributed by atoms with Gasteiger partial charge in [0.25, 0.3) is 0 Å². The van der Waals surface area contributed by atoms with Gasteiger partial charge in [-0.25, -0.2) is 0 Å². The molecular formula is C10H13ClN2O2. The number of nitrogen functional groups attached to an aromatic ring is 1. The fourth-order valence-corrected chi connectivity index (χ4v) is 1.28. The summed E-state index contributed by atoms with van der Waals surface area (Å²) in [4.78, 5) is 10.9. The van der Waals surface area contributed by atoms with E-state index in [1.165, 1.54) is 0 Å². The SMILES string of the molecule is CNC(=O)CCOc1c(N)cccc1Cl. The summed E-state index contributed by atoms with van der Waals surface area (Å²) in [6, 6.07) is 5.12. The molecule has 5 heteroatoms. The van der Waals surface area contributed by atoms with Gasteiger partial charge in [-0.05, 0) is 12.1 Å². The van der Waals surface area contributed by atoms with Gasteiger partial charge >= 0.3 is 0 Å². The normalized spacial score (nSPS) is 9.73. The Labute approximate surface area is 93.4 Å². The van der Waals surface area contributed by atoms with E-state index >= 15 is 0 Å². The number of carbonyl (C=O) groups is 1. The lowest BCUT2D eigenvalue weighted by Crippen LogP contribution is -2.20. The molecule has 0 radical (unpaired) electrons. The molecule has 0 heterocycles. The Morgan fingerprint density at radius 1 is 1.60 bits per heavy atom. The number of amides is 1. The Kier molecular flexibility index (Phi) is 4.24. The maximum atomic E-state index is 10.9. The first-order valence-corrected chi connectivity index (χ1v) is 4.90. The van der Waals surface area contributed by atoms with Gasteiger partial charge in [-0.2, -0.15) is 0 Å². The average Bonchev–Trinajstić information content (AvgIpc) is 2.22. The summed E-state index contributed by atoms with van der Waals surface area (Å²) in [5.74, 6) is 0.351. The maximum Gasteiger partial charge on any atom is 0.223 e. The molecule has 0 aliphatic rings. The number of rotatable bonds is 4. The molecule has 3 N–H and O–H groups in total. The van der Waals surface area contributed by atoms with Crippen LogP contribution in [-0.4, -0.2) is 19.6 Å². The summed E-state index contributed by atoms with van der Waals surface area (Å²) < 4.78 is 5.32. The summed E-state index contributed by atoms with van der Waals surface area (Å²) in [5.41, 5.74) is 6.13. The summed E-state index contributed by atoms with van der Waals surface area (Å²) in [6.07, 6.45) is 0.279. The molecule has 0 spiro atoms. The summed E-state index contributed by atoms with van der Waals surface area (Å²) in [5, 5.41) is 2.95. The van der Waals surface area contributed by atoms with Gasteiger partial charge in [0, 0.05) is 7.05 Å². The molecule has 1 aromatic rings. The molecule has 0 saturated heterocycles. The van der Waals surface area contributed by atoms with Crippen LogP contribution in [0.3, 0.4) is 0 Å². The second-order valence-electron chi connectivity index (χ2n) is 2.93. The van der Waals surface area contributed by atoms with Crippen LogP contribution in [0, 0.1) is 0 Å². The summed E-state index contributed by atoms with van der Waals surface area (Å²) in [6.45, 7) is 0.258. The third kappa shape index (κ3) is 3.32. The lowest BCUT2D eigenvalue weighted by Gasteiger charge is -2.09. The van der Waals surface area contributed by atoms with Crippen LogP contribution in [0.2, 0.25) is 5.02 Å². The van der Waals surface area contributed by atoms with Crippen molar-refractivity contribution in [2.75, 3.05) is 19.4 Å². The van der Waals surface area contributed by atoms with Gasteiger partial charge in [-0.1, -0.05) is 17.7 Å². The Bertz CT molecular complexity index is 335. The van der Waals surface area contributed by atoms with Crippen LogP contribution in [0.5, 0.6) is 5.75 Å². The quantitative estimate of drug-likeness (QED) is 0.767. The number of carbonyl (C=O) groups excluding carboxylic acids is 1. The highest BCUT2D eigenvalue weighted by atomic mass is 35.5. The van der Waals surface area contributed by atoms with E-state index in [2.05, 4.69) is 5.32 Å². The molecule has 0 aliphatic carbocycles. The van der Waals surface area contributed by atoms with Crippen molar-refractivity contribution in [3.8, 4) is 5.75 Å². The fourth-order valence-electron chi connectivity index (χ4n) is 1.05. The third-order valence-corrected chi connectivity index (χ3v) is 2.15. The first-order valence-electron chi connectivity index (χ1n) is 4.52. The predicted molar refractivity (Wildman–Crippen MR) is 60.0 cm³/mol. The molecule has 1 rings (SSSR count). The highest BCUT2D eigenvalue weighted by Crippen LogP contribution is 2.30. The second kappa shape index (κ2) is 5.46. The second-order valence-corrected chi connectivity index (χ2v) is 3.34. The van der Waals surface area contributed by atoms with E-state index in [-0.39, 0.29) is 18.9 Å². The largest absolute Gasteiger partial charge is 0.489 e. The number of hydrogen-bond donors (Lipinski definition) is 2. The molecule has 0 atom stereocenters. The minimum absolute atomic E-state index is 0.0828. The molecule has 0 fully saturated rings. The van der Waals surface area contributed by atoms with Crippen LogP contribution < -0.4 is 15.8 Å². The Morgan fingerprint density at radius 2 is 2.33 bits per heavy atom. The van der Waals surface area contributed by atoms with Gasteiger partial charge in [0.2, 0.25) is 5.91 Å². The van der Waals surface area contributed by atoms with Gasteiger partial charge in [0.05, 0.1) is 23.7 Å². The number of ether oxygens (including phenoxy) is 1. The standard InChI is InChI=1S/C10H13ClN2O2/c1-13-9(14)5-6-15-10-7(11)3-2-4-8(10)12/h2-4H,5-6,12H2,1H3,(H,13,14). The van der Waals surface area contributed by atoms with E-state index in [1.54, 1.807) is 25.2 Å². The van der Waals surface area contributed by atoms with Crippen molar-refractivity contribution in [1.29, 1.82) is 0 Å². The van der Waals surface area contributed by atoms with Gasteiger partial charge < -0.3 is 15.8 Å². The van der Waals surface area contributed by atoms with Crippen molar-refractivity contribution in [2.45, 2.75) is 6.42 Å². The lowest BCUT2D eigenvalue weighted by molar-refractivity contribution is -0.121. The molecule has 1 amide bonds. The number of benzene rings is 1. The number of para-hydroxylation sites is 1. The van der Waals surface area contributed by atoms with E-state index in [0.29, 0.717) is 16.5 Å².